The van der Waals surface area contributed by atoms with E-state index in [2.05, 4.69) is 16.9 Å². The quantitative estimate of drug-likeness (QED) is 0.797. The maximum atomic E-state index is 5.84. The van der Waals surface area contributed by atoms with E-state index in [0.29, 0.717) is 18.1 Å². The fourth-order valence-corrected chi connectivity index (χ4v) is 2.76. The van der Waals surface area contributed by atoms with Gasteiger partial charge >= 0.3 is 0 Å². The fourth-order valence-electron chi connectivity index (χ4n) is 2.76. The number of benzene rings is 1. The predicted octanol–water partition coefficient (Wildman–Crippen LogP) is 3.57. The van der Waals surface area contributed by atoms with Crippen LogP contribution in [0.1, 0.15) is 29.8 Å². The summed E-state index contributed by atoms with van der Waals surface area (Å²) < 4.78 is 5.84. The van der Waals surface area contributed by atoms with Gasteiger partial charge in [-0.2, -0.15) is 0 Å². The van der Waals surface area contributed by atoms with Crippen molar-refractivity contribution >= 4 is 11.0 Å². The molecule has 0 radical (unpaired) electrons. The van der Waals surface area contributed by atoms with E-state index in [-0.39, 0.29) is 5.92 Å². The molecule has 0 fully saturated rings. The van der Waals surface area contributed by atoms with Gasteiger partial charge in [0.05, 0.1) is 0 Å². The summed E-state index contributed by atoms with van der Waals surface area (Å²) in [5.41, 5.74) is 9.69. The van der Waals surface area contributed by atoms with Crippen LogP contribution in [0.15, 0.2) is 34.7 Å². The smallest absolute Gasteiger partial charge is 0.196 e. The molecule has 2 aromatic heterocycles. The maximum Gasteiger partial charge on any atom is 0.196 e. The second-order valence-electron chi connectivity index (χ2n) is 5.42. The van der Waals surface area contributed by atoms with Crippen LogP contribution < -0.4 is 5.73 Å². The van der Waals surface area contributed by atoms with Crippen molar-refractivity contribution in [1.82, 2.24) is 9.97 Å². The van der Waals surface area contributed by atoms with Crippen molar-refractivity contribution < 1.29 is 4.42 Å². The summed E-state index contributed by atoms with van der Waals surface area (Å²) >= 11 is 0. The molecule has 1 atom stereocenters. The molecule has 2 heterocycles. The average molecular weight is 281 g/mol. The standard InChI is InChI=1S/C17H19N3O/c1-10(9-18)16-11(2)19-17(20-12(16)3)15-8-13-6-4-5-7-14(13)21-15/h4-8,10H,9,18H2,1-3H3. The zero-order valence-electron chi connectivity index (χ0n) is 12.6. The Labute approximate surface area is 124 Å². The molecule has 0 bridgehead atoms. The van der Waals surface area contributed by atoms with E-state index in [1.165, 1.54) is 0 Å². The van der Waals surface area contributed by atoms with Crippen LogP contribution in [0.5, 0.6) is 0 Å². The number of aromatic nitrogens is 2. The van der Waals surface area contributed by atoms with Crippen molar-refractivity contribution in [2.45, 2.75) is 26.7 Å². The van der Waals surface area contributed by atoms with E-state index in [9.17, 15) is 0 Å². The summed E-state index contributed by atoms with van der Waals surface area (Å²) in [6, 6.07) is 9.90. The Morgan fingerprint density at radius 2 is 1.81 bits per heavy atom. The summed E-state index contributed by atoms with van der Waals surface area (Å²) in [6.45, 7) is 6.69. The van der Waals surface area contributed by atoms with Crippen LogP contribution in [0.25, 0.3) is 22.6 Å². The topological polar surface area (TPSA) is 64.9 Å². The molecular weight excluding hydrogens is 262 g/mol. The molecule has 3 rings (SSSR count). The van der Waals surface area contributed by atoms with Crippen LogP contribution >= 0.6 is 0 Å². The van der Waals surface area contributed by atoms with Gasteiger partial charge in [0.1, 0.15) is 5.58 Å². The zero-order chi connectivity index (χ0) is 15.0. The predicted molar refractivity (Wildman–Crippen MR) is 84.2 cm³/mol. The number of hydrogen-bond acceptors (Lipinski definition) is 4. The highest BCUT2D eigenvalue weighted by Crippen LogP contribution is 2.28. The van der Waals surface area contributed by atoms with Crippen LogP contribution in [-0.4, -0.2) is 16.5 Å². The Hall–Kier alpha value is -2.20. The van der Waals surface area contributed by atoms with E-state index in [1.807, 2.05) is 44.2 Å². The Balaban J connectivity index is 2.11. The van der Waals surface area contributed by atoms with E-state index in [0.717, 1.165) is 27.9 Å². The highest BCUT2D eigenvalue weighted by molar-refractivity contribution is 5.81. The Kier molecular flexibility index (Phi) is 3.47. The zero-order valence-corrected chi connectivity index (χ0v) is 12.6. The fraction of sp³-hybridized carbons (Fsp3) is 0.294. The lowest BCUT2D eigenvalue weighted by atomic mass is 9.98. The molecule has 21 heavy (non-hydrogen) atoms. The van der Waals surface area contributed by atoms with Gasteiger partial charge in [-0.25, -0.2) is 9.97 Å². The van der Waals surface area contributed by atoms with Crippen LogP contribution in [0.3, 0.4) is 0 Å². The van der Waals surface area contributed by atoms with E-state index in [1.54, 1.807) is 0 Å². The third-order valence-corrected chi connectivity index (χ3v) is 3.82. The molecule has 4 heteroatoms. The summed E-state index contributed by atoms with van der Waals surface area (Å²) in [4.78, 5) is 9.22. The van der Waals surface area contributed by atoms with Crippen molar-refractivity contribution in [3.63, 3.8) is 0 Å². The SMILES string of the molecule is Cc1nc(-c2cc3ccccc3o2)nc(C)c1C(C)CN. The van der Waals surface area contributed by atoms with Crippen molar-refractivity contribution in [2.75, 3.05) is 6.54 Å². The molecule has 0 saturated carbocycles. The molecule has 108 valence electrons. The molecule has 2 N–H and O–H groups in total. The van der Waals surface area contributed by atoms with E-state index in [4.69, 9.17) is 10.2 Å². The lowest BCUT2D eigenvalue weighted by molar-refractivity contribution is 0.623. The number of aryl methyl sites for hydroxylation is 2. The Morgan fingerprint density at radius 1 is 1.14 bits per heavy atom. The molecule has 4 nitrogen and oxygen atoms in total. The number of nitrogens with two attached hydrogens (primary N) is 1. The van der Waals surface area contributed by atoms with E-state index >= 15 is 0 Å². The summed E-state index contributed by atoms with van der Waals surface area (Å²) in [6.07, 6.45) is 0. The van der Waals surface area contributed by atoms with Gasteiger partial charge in [0.25, 0.3) is 0 Å². The lowest BCUT2D eigenvalue weighted by Gasteiger charge is -2.15. The normalized spacial score (nSPS) is 12.8. The molecule has 0 saturated heterocycles. The highest BCUT2D eigenvalue weighted by atomic mass is 16.3. The first-order valence-corrected chi connectivity index (χ1v) is 7.14. The minimum atomic E-state index is 0.259. The van der Waals surface area contributed by atoms with Gasteiger partial charge in [-0.1, -0.05) is 25.1 Å². The minimum absolute atomic E-state index is 0.259. The maximum absolute atomic E-state index is 5.84. The number of fused-ring (bicyclic) bond motifs is 1. The number of para-hydroxylation sites is 1. The Morgan fingerprint density at radius 3 is 2.43 bits per heavy atom. The highest BCUT2D eigenvalue weighted by Gasteiger charge is 2.16. The number of furan rings is 1. The molecule has 0 spiro atoms. The van der Waals surface area contributed by atoms with Gasteiger partial charge in [-0.3, -0.25) is 0 Å². The molecular formula is C17H19N3O. The van der Waals surface area contributed by atoms with Gasteiger partial charge in [0.2, 0.25) is 0 Å². The first-order valence-electron chi connectivity index (χ1n) is 7.14. The number of hydrogen-bond donors (Lipinski definition) is 1. The van der Waals surface area contributed by atoms with Gasteiger partial charge < -0.3 is 10.2 Å². The molecule has 0 amide bonds. The summed E-state index contributed by atoms with van der Waals surface area (Å²) in [5.74, 6) is 1.60. The lowest BCUT2D eigenvalue weighted by Crippen LogP contribution is -2.14. The van der Waals surface area contributed by atoms with Crippen molar-refractivity contribution in [1.29, 1.82) is 0 Å². The van der Waals surface area contributed by atoms with Crippen molar-refractivity contribution in [3.05, 3.63) is 47.3 Å². The monoisotopic (exact) mass is 281 g/mol. The van der Waals surface area contributed by atoms with Crippen molar-refractivity contribution in [2.24, 2.45) is 5.73 Å². The number of rotatable bonds is 3. The first kappa shape index (κ1) is 13.8. The van der Waals surface area contributed by atoms with Gasteiger partial charge in [-0.05, 0) is 44.0 Å². The van der Waals surface area contributed by atoms with Crippen LogP contribution in [0.4, 0.5) is 0 Å². The third-order valence-electron chi connectivity index (χ3n) is 3.82. The van der Waals surface area contributed by atoms with E-state index < -0.39 is 0 Å². The molecule has 0 aliphatic heterocycles. The molecule has 1 aromatic carbocycles. The van der Waals surface area contributed by atoms with Crippen LogP contribution in [-0.2, 0) is 0 Å². The Bertz CT molecular complexity index is 736. The van der Waals surface area contributed by atoms with Crippen molar-refractivity contribution in [3.8, 4) is 11.6 Å². The van der Waals surface area contributed by atoms with Crippen LogP contribution in [0.2, 0.25) is 0 Å². The van der Waals surface area contributed by atoms with Crippen LogP contribution in [0, 0.1) is 13.8 Å². The van der Waals surface area contributed by atoms with Gasteiger partial charge in [0.15, 0.2) is 11.6 Å². The molecule has 0 aliphatic rings. The minimum Gasteiger partial charge on any atom is -0.453 e. The average Bonchev–Trinajstić information content (AvgIpc) is 2.90. The number of nitrogens with zero attached hydrogens (tertiary/aromatic N) is 2. The second-order valence-corrected chi connectivity index (χ2v) is 5.42. The second kappa shape index (κ2) is 5.30. The third kappa shape index (κ3) is 2.43. The first-order chi connectivity index (χ1) is 10.1. The largest absolute Gasteiger partial charge is 0.453 e. The van der Waals surface area contributed by atoms with Gasteiger partial charge in [0, 0.05) is 16.8 Å². The molecule has 3 aromatic rings. The molecule has 0 aliphatic carbocycles. The summed E-state index contributed by atoms with van der Waals surface area (Å²) in [7, 11) is 0. The summed E-state index contributed by atoms with van der Waals surface area (Å²) in [5, 5.41) is 1.06. The molecule has 1 unspecified atom stereocenters. The van der Waals surface area contributed by atoms with Gasteiger partial charge in [-0.15, -0.1) is 0 Å².